The number of hydrogen-bond acceptors (Lipinski definition) is 8. The van der Waals surface area contributed by atoms with Crippen LogP contribution in [-0.4, -0.2) is 49.6 Å². The molecule has 1 aliphatic heterocycles. The summed E-state index contributed by atoms with van der Waals surface area (Å²) in [6.07, 6.45) is 2.61. The maximum atomic E-state index is 14.1. The molecule has 1 fully saturated rings. The van der Waals surface area contributed by atoms with Crippen molar-refractivity contribution in [2.75, 3.05) is 39.3 Å². The molecule has 38 heavy (non-hydrogen) atoms. The van der Waals surface area contributed by atoms with Gasteiger partial charge in [0.2, 0.25) is 0 Å². The third kappa shape index (κ3) is 5.45. The van der Waals surface area contributed by atoms with E-state index in [1.807, 2.05) is 29.2 Å². The summed E-state index contributed by atoms with van der Waals surface area (Å²) in [5.74, 6) is 2.21. The average molecular weight is 555 g/mol. The summed E-state index contributed by atoms with van der Waals surface area (Å²) in [6.45, 7) is 2.37. The van der Waals surface area contributed by atoms with E-state index in [0.29, 0.717) is 34.8 Å². The number of benzene rings is 3. The minimum Gasteiger partial charge on any atom is -0.496 e. The Bertz CT molecular complexity index is 1450. The van der Waals surface area contributed by atoms with Gasteiger partial charge in [-0.25, -0.2) is 14.4 Å². The van der Waals surface area contributed by atoms with Gasteiger partial charge in [-0.15, -0.1) is 11.8 Å². The van der Waals surface area contributed by atoms with Gasteiger partial charge in [0.25, 0.3) is 0 Å². The van der Waals surface area contributed by atoms with Gasteiger partial charge in [0.05, 0.1) is 36.8 Å². The van der Waals surface area contributed by atoms with Gasteiger partial charge in [-0.2, -0.15) is 0 Å². The summed E-state index contributed by atoms with van der Waals surface area (Å²) >= 11 is 8.01. The van der Waals surface area contributed by atoms with Crippen LogP contribution >= 0.6 is 23.4 Å². The number of fused-ring (bicyclic) bond motifs is 1. The lowest BCUT2D eigenvalue weighted by Gasteiger charge is -2.26. The summed E-state index contributed by atoms with van der Waals surface area (Å²) in [7, 11) is 4.87. The van der Waals surface area contributed by atoms with Gasteiger partial charge in [-0.1, -0.05) is 17.7 Å². The van der Waals surface area contributed by atoms with E-state index in [1.54, 1.807) is 45.2 Å². The smallest absolute Gasteiger partial charge is 0.161 e. The van der Waals surface area contributed by atoms with Crippen molar-refractivity contribution in [3.05, 3.63) is 71.3 Å². The van der Waals surface area contributed by atoms with E-state index >= 15 is 0 Å². The van der Waals surface area contributed by atoms with Crippen LogP contribution < -0.4 is 24.4 Å². The Balaban J connectivity index is 1.64. The number of thioether (sulfide) groups is 1. The van der Waals surface area contributed by atoms with Crippen LogP contribution in [0.15, 0.2) is 59.8 Å². The Hall–Kier alpha value is -3.27. The third-order valence-electron chi connectivity index (χ3n) is 6.47. The van der Waals surface area contributed by atoms with Crippen LogP contribution in [0.1, 0.15) is 12.0 Å². The summed E-state index contributed by atoms with van der Waals surface area (Å²) in [5, 5.41) is 4.75. The van der Waals surface area contributed by atoms with E-state index in [4.69, 9.17) is 30.8 Å². The Morgan fingerprint density at radius 1 is 1.00 bits per heavy atom. The number of nitrogens with one attached hydrogen (secondary N) is 1. The van der Waals surface area contributed by atoms with Crippen molar-refractivity contribution in [1.82, 2.24) is 15.3 Å². The molecule has 1 aromatic heterocycles. The summed E-state index contributed by atoms with van der Waals surface area (Å²) < 4.78 is 30.8. The molecule has 0 spiro atoms. The number of anilines is 2. The van der Waals surface area contributed by atoms with Crippen LogP contribution in [-0.2, 0) is 6.54 Å². The van der Waals surface area contributed by atoms with E-state index < -0.39 is 5.82 Å². The highest BCUT2D eigenvalue weighted by atomic mass is 35.5. The van der Waals surface area contributed by atoms with E-state index in [9.17, 15) is 4.39 Å². The molecule has 1 N–H and O–H groups in total. The zero-order chi connectivity index (χ0) is 26.6. The number of aromatic nitrogens is 2. The topological polar surface area (TPSA) is 68.7 Å². The van der Waals surface area contributed by atoms with Crippen molar-refractivity contribution in [2.45, 2.75) is 23.1 Å². The van der Waals surface area contributed by atoms with E-state index in [1.165, 1.54) is 12.4 Å². The first-order valence-electron chi connectivity index (χ1n) is 12.1. The molecule has 0 radical (unpaired) electrons. The lowest BCUT2D eigenvalue weighted by atomic mass is 10.1. The maximum Gasteiger partial charge on any atom is 0.161 e. The highest BCUT2D eigenvalue weighted by Gasteiger charge is 2.22. The summed E-state index contributed by atoms with van der Waals surface area (Å²) in [6, 6.07) is 14.4. The lowest BCUT2D eigenvalue weighted by molar-refractivity contribution is 0.354. The second-order valence-corrected chi connectivity index (χ2v) is 10.6. The molecule has 1 saturated heterocycles. The van der Waals surface area contributed by atoms with Crippen molar-refractivity contribution in [3.63, 3.8) is 0 Å². The van der Waals surface area contributed by atoms with Gasteiger partial charge in [0.1, 0.15) is 23.7 Å². The zero-order valence-electron chi connectivity index (χ0n) is 21.3. The number of halogens is 2. The van der Waals surface area contributed by atoms with E-state index in [2.05, 4.69) is 16.4 Å². The zero-order valence-corrected chi connectivity index (χ0v) is 22.9. The van der Waals surface area contributed by atoms with Crippen molar-refractivity contribution in [2.24, 2.45) is 0 Å². The average Bonchev–Trinajstić information content (AvgIpc) is 3.45. The first-order valence-corrected chi connectivity index (χ1v) is 13.4. The molecule has 198 valence electrons. The number of nitrogens with zero attached hydrogens (tertiary/aromatic N) is 3. The number of hydrogen-bond donors (Lipinski definition) is 1. The number of methoxy groups -OCH3 is 3. The number of ether oxygens (including phenoxy) is 3. The van der Waals surface area contributed by atoms with Crippen LogP contribution in [0, 0.1) is 5.82 Å². The Morgan fingerprint density at radius 3 is 2.53 bits per heavy atom. The fourth-order valence-corrected chi connectivity index (χ4v) is 5.94. The van der Waals surface area contributed by atoms with Crippen LogP contribution in [0.5, 0.6) is 17.2 Å². The fraction of sp³-hybridized carbons (Fsp3) is 0.286. The maximum absolute atomic E-state index is 14.1. The Kier molecular flexibility index (Phi) is 8.06. The Morgan fingerprint density at radius 2 is 1.82 bits per heavy atom. The van der Waals surface area contributed by atoms with Gasteiger partial charge in [-0.05, 0) is 54.9 Å². The molecule has 2 heterocycles. The number of rotatable bonds is 9. The molecule has 1 unspecified atom stereocenters. The van der Waals surface area contributed by atoms with Crippen LogP contribution in [0.25, 0.3) is 10.9 Å². The molecule has 0 amide bonds. The lowest BCUT2D eigenvalue weighted by Crippen LogP contribution is -2.18. The highest BCUT2D eigenvalue weighted by Crippen LogP contribution is 2.41. The molecule has 1 aliphatic rings. The second-order valence-electron chi connectivity index (χ2n) is 8.82. The predicted molar refractivity (Wildman–Crippen MR) is 150 cm³/mol. The second kappa shape index (κ2) is 11.6. The monoisotopic (exact) mass is 554 g/mol. The first-order chi connectivity index (χ1) is 18.5. The molecule has 3 aromatic carbocycles. The van der Waals surface area contributed by atoms with Gasteiger partial charge >= 0.3 is 0 Å². The fourth-order valence-electron chi connectivity index (χ4n) is 4.53. The molecule has 4 aromatic rings. The molecule has 5 rings (SSSR count). The highest BCUT2D eigenvalue weighted by molar-refractivity contribution is 8.00. The van der Waals surface area contributed by atoms with Crippen LogP contribution in [0.2, 0.25) is 5.02 Å². The van der Waals surface area contributed by atoms with Crippen molar-refractivity contribution in [3.8, 4) is 17.2 Å². The quantitative estimate of drug-likeness (QED) is 0.261. The molecular formula is C28H28ClFN4O3S. The molecular weight excluding hydrogens is 527 g/mol. The molecule has 10 heteroatoms. The Labute approximate surface area is 230 Å². The van der Waals surface area contributed by atoms with E-state index in [-0.39, 0.29) is 5.02 Å². The molecule has 7 nitrogen and oxygen atoms in total. The summed E-state index contributed by atoms with van der Waals surface area (Å²) in [4.78, 5) is 12.2. The minimum atomic E-state index is -0.484. The van der Waals surface area contributed by atoms with Gasteiger partial charge < -0.3 is 24.4 Å². The molecule has 0 bridgehead atoms. The molecule has 0 saturated carbocycles. The van der Waals surface area contributed by atoms with E-state index in [0.717, 1.165) is 46.6 Å². The normalized spacial score (nSPS) is 15.0. The molecule has 1 atom stereocenters. The third-order valence-corrected chi connectivity index (χ3v) is 8.07. The van der Waals surface area contributed by atoms with Crippen LogP contribution in [0.3, 0.4) is 0 Å². The van der Waals surface area contributed by atoms with Crippen LogP contribution in [0.4, 0.5) is 15.9 Å². The van der Waals surface area contributed by atoms with Crippen molar-refractivity contribution in [1.29, 1.82) is 0 Å². The standard InChI is InChI=1S/C28H28ClFN4O3S/c1-35-24-7-4-17(10-25(24)36-2)15-34(18-5-6-22(30)21(29)11-18)28-20-12-27(38-19-8-9-31-14-19)26(37-3)13-23(20)32-16-33-28/h4-7,10-13,16,19,31H,8-9,14-15H2,1-3H3. The van der Waals surface area contributed by atoms with Crippen molar-refractivity contribution >= 4 is 45.8 Å². The van der Waals surface area contributed by atoms with Gasteiger partial charge in [0, 0.05) is 35.5 Å². The van der Waals surface area contributed by atoms with Gasteiger partial charge in [-0.3, -0.25) is 0 Å². The first kappa shape index (κ1) is 26.3. The minimum absolute atomic E-state index is 0.0322. The summed E-state index contributed by atoms with van der Waals surface area (Å²) in [5.41, 5.74) is 2.37. The molecule has 0 aliphatic carbocycles. The van der Waals surface area contributed by atoms with Gasteiger partial charge in [0.15, 0.2) is 11.5 Å². The van der Waals surface area contributed by atoms with Crippen molar-refractivity contribution < 1.29 is 18.6 Å². The predicted octanol–water partition coefficient (Wildman–Crippen LogP) is 6.24. The SMILES string of the molecule is COc1ccc(CN(c2ccc(F)c(Cl)c2)c2ncnc3cc(OC)c(SC4CCNC4)cc23)cc1OC. The largest absolute Gasteiger partial charge is 0.496 e.